The lowest BCUT2D eigenvalue weighted by atomic mass is 10.1. The minimum absolute atomic E-state index is 0.165. The molecule has 0 aliphatic carbocycles. The van der Waals surface area contributed by atoms with Crippen LogP contribution in [0.25, 0.3) is 0 Å². The van der Waals surface area contributed by atoms with Crippen molar-refractivity contribution < 1.29 is 9.53 Å². The van der Waals surface area contributed by atoms with Crippen molar-refractivity contribution in [2.45, 2.75) is 13.8 Å². The maximum absolute atomic E-state index is 12.3. The van der Waals surface area contributed by atoms with Crippen molar-refractivity contribution in [3.8, 4) is 5.75 Å². The Morgan fingerprint density at radius 3 is 2.57 bits per heavy atom. The third-order valence-electron chi connectivity index (χ3n) is 3.12. The van der Waals surface area contributed by atoms with E-state index in [-0.39, 0.29) is 5.91 Å². The van der Waals surface area contributed by atoms with E-state index in [4.69, 9.17) is 4.74 Å². The normalized spacial score (nSPS) is 10.1. The zero-order chi connectivity index (χ0) is 15.4. The Bertz CT molecular complexity index is 669. The highest BCUT2D eigenvalue weighted by molar-refractivity contribution is 6.04. The number of ether oxygens (including phenoxy) is 1. The molecule has 2 aromatic rings. The van der Waals surface area contributed by atoms with Crippen molar-refractivity contribution >= 4 is 17.4 Å². The molecule has 110 valence electrons. The lowest BCUT2D eigenvalue weighted by Crippen LogP contribution is -2.13. The zero-order valence-corrected chi connectivity index (χ0v) is 12.7. The summed E-state index contributed by atoms with van der Waals surface area (Å²) in [6.07, 6.45) is 0. The van der Waals surface area contributed by atoms with Crippen LogP contribution >= 0.6 is 0 Å². The third kappa shape index (κ3) is 3.51. The van der Waals surface area contributed by atoms with Crippen LogP contribution in [0.5, 0.6) is 5.75 Å². The molecule has 5 nitrogen and oxygen atoms in total. The average molecular weight is 285 g/mol. The van der Waals surface area contributed by atoms with Crippen LogP contribution in [0.4, 0.5) is 11.5 Å². The fourth-order valence-corrected chi connectivity index (χ4v) is 2.09. The third-order valence-corrected chi connectivity index (χ3v) is 3.12. The SMILES string of the molecule is CNc1cc(C(=O)Nc2ccc(OC)c(C)c2)cc(C)n1. The second-order valence-corrected chi connectivity index (χ2v) is 4.77. The van der Waals surface area contributed by atoms with Crippen LogP contribution in [0.2, 0.25) is 0 Å². The monoisotopic (exact) mass is 285 g/mol. The number of amides is 1. The van der Waals surface area contributed by atoms with Crippen LogP contribution in [0.15, 0.2) is 30.3 Å². The summed E-state index contributed by atoms with van der Waals surface area (Å²) in [4.78, 5) is 16.6. The smallest absolute Gasteiger partial charge is 0.255 e. The first-order chi connectivity index (χ1) is 10.0. The van der Waals surface area contributed by atoms with E-state index in [1.807, 2.05) is 32.0 Å². The summed E-state index contributed by atoms with van der Waals surface area (Å²) in [6.45, 7) is 3.79. The number of carbonyl (C=O) groups excluding carboxylic acids is 1. The topological polar surface area (TPSA) is 63.2 Å². The van der Waals surface area contributed by atoms with E-state index in [2.05, 4.69) is 15.6 Å². The molecule has 0 fully saturated rings. The summed E-state index contributed by atoms with van der Waals surface area (Å²) in [5.74, 6) is 1.30. The molecular formula is C16H19N3O2. The first-order valence-electron chi connectivity index (χ1n) is 6.66. The van der Waals surface area contributed by atoms with Gasteiger partial charge in [-0.1, -0.05) is 0 Å². The Hall–Kier alpha value is -2.56. The fourth-order valence-electron chi connectivity index (χ4n) is 2.09. The van der Waals surface area contributed by atoms with Gasteiger partial charge in [0.15, 0.2) is 0 Å². The van der Waals surface area contributed by atoms with Crippen molar-refractivity contribution in [2.75, 3.05) is 24.8 Å². The molecule has 0 radical (unpaired) electrons. The minimum atomic E-state index is -0.165. The Morgan fingerprint density at radius 2 is 1.95 bits per heavy atom. The number of nitrogens with one attached hydrogen (secondary N) is 2. The maximum atomic E-state index is 12.3. The van der Waals surface area contributed by atoms with Gasteiger partial charge in [0.2, 0.25) is 0 Å². The predicted octanol–water partition coefficient (Wildman–Crippen LogP) is 3.00. The molecule has 0 atom stereocenters. The first kappa shape index (κ1) is 14.8. The quantitative estimate of drug-likeness (QED) is 0.906. The zero-order valence-electron chi connectivity index (χ0n) is 12.7. The van der Waals surface area contributed by atoms with Crippen LogP contribution in [-0.2, 0) is 0 Å². The number of aryl methyl sites for hydroxylation is 2. The van der Waals surface area contributed by atoms with Crippen LogP contribution in [0.1, 0.15) is 21.6 Å². The van der Waals surface area contributed by atoms with E-state index in [9.17, 15) is 4.79 Å². The van der Waals surface area contributed by atoms with Gasteiger partial charge in [-0.25, -0.2) is 4.98 Å². The lowest BCUT2D eigenvalue weighted by molar-refractivity contribution is 0.102. The largest absolute Gasteiger partial charge is 0.496 e. The van der Waals surface area contributed by atoms with E-state index >= 15 is 0 Å². The highest BCUT2D eigenvalue weighted by Crippen LogP contribution is 2.22. The first-order valence-corrected chi connectivity index (χ1v) is 6.66. The second kappa shape index (κ2) is 6.26. The van der Waals surface area contributed by atoms with Gasteiger partial charge < -0.3 is 15.4 Å². The highest BCUT2D eigenvalue weighted by atomic mass is 16.5. The number of rotatable bonds is 4. The molecule has 0 unspecified atom stereocenters. The van der Waals surface area contributed by atoms with Gasteiger partial charge in [0.25, 0.3) is 5.91 Å². The molecule has 0 spiro atoms. The molecule has 21 heavy (non-hydrogen) atoms. The van der Waals surface area contributed by atoms with E-state index in [0.717, 1.165) is 22.7 Å². The number of anilines is 2. The number of methoxy groups -OCH3 is 1. The van der Waals surface area contributed by atoms with E-state index < -0.39 is 0 Å². The van der Waals surface area contributed by atoms with Gasteiger partial charge in [0, 0.05) is 24.0 Å². The summed E-state index contributed by atoms with van der Waals surface area (Å²) in [5.41, 5.74) is 3.06. The van der Waals surface area contributed by atoms with E-state index in [1.54, 1.807) is 26.3 Å². The van der Waals surface area contributed by atoms with Gasteiger partial charge in [-0.3, -0.25) is 4.79 Å². The van der Waals surface area contributed by atoms with Gasteiger partial charge in [-0.05, 0) is 49.7 Å². The van der Waals surface area contributed by atoms with Gasteiger partial charge in [0.1, 0.15) is 11.6 Å². The van der Waals surface area contributed by atoms with Crippen LogP contribution in [0, 0.1) is 13.8 Å². The number of aromatic nitrogens is 1. The van der Waals surface area contributed by atoms with E-state index in [1.165, 1.54) is 0 Å². The van der Waals surface area contributed by atoms with E-state index in [0.29, 0.717) is 11.4 Å². The minimum Gasteiger partial charge on any atom is -0.496 e. The van der Waals surface area contributed by atoms with Crippen LogP contribution < -0.4 is 15.4 Å². The predicted molar refractivity (Wildman–Crippen MR) is 84.2 cm³/mol. The Labute approximate surface area is 124 Å². The average Bonchev–Trinajstić information content (AvgIpc) is 2.46. The summed E-state index contributed by atoms with van der Waals surface area (Å²) >= 11 is 0. The summed E-state index contributed by atoms with van der Waals surface area (Å²) in [5, 5.41) is 5.82. The Kier molecular flexibility index (Phi) is 4.42. The molecule has 1 aromatic heterocycles. The number of carbonyl (C=O) groups is 1. The number of benzene rings is 1. The second-order valence-electron chi connectivity index (χ2n) is 4.77. The summed E-state index contributed by atoms with van der Waals surface area (Å²) in [6, 6.07) is 9.01. The molecule has 1 heterocycles. The maximum Gasteiger partial charge on any atom is 0.255 e. The van der Waals surface area contributed by atoms with Crippen molar-refractivity contribution in [2.24, 2.45) is 0 Å². The number of hydrogen-bond donors (Lipinski definition) is 2. The fraction of sp³-hybridized carbons (Fsp3) is 0.250. The molecule has 2 rings (SSSR count). The lowest BCUT2D eigenvalue weighted by Gasteiger charge is -2.10. The van der Waals surface area contributed by atoms with Crippen molar-refractivity contribution in [3.05, 3.63) is 47.2 Å². The number of nitrogens with zero attached hydrogens (tertiary/aromatic N) is 1. The molecule has 0 aliphatic rings. The molecule has 5 heteroatoms. The molecule has 0 saturated carbocycles. The Balaban J connectivity index is 2.21. The summed E-state index contributed by atoms with van der Waals surface area (Å²) < 4.78 is 5.21. The van der Waals surface area contributed by atoms with Crippen molar-refractivity contribution in [1.29, 1.82) is 0 Å². The molecule has 0 bridgehead atoms. The van der Waals surface area contributed by atoms with Gasteiger partial charge in [0.05, 0.1) is 7.11 Å². The number of pyridine rings is 1. The van der Waals surface area contributed by atoms with Crippen LogP contribution in [-0.4, -0.2) is 25.0 Å². The number of hydrogen-bond acceptors (Lipinski definition) is 4. The van der Waals surface area contributed by atoms with Crippen molar-refractivity contribution in [3.63, 3.8) is 0 Å². The van der Waals surface area contributed by atoms with Crippen LogP contribution in [0.3, 0.4) is 0 Å². The molecule has 1 aromatic carbocycles. The van der Waals surface area contributed by atoms with Gasteiger partial charge >= 0.3 is 0 Å². The van der Waals surface area contributed by atoms with Gasteiger partial charge in [-0.15, -0.1) is 0 Å². The van der Waals surface area contributed by atoms with Crippen molar-refractivity contribution in [1.82, 2.24) is 4.98 Å². The highest BCUT2D eigenvalue weighted by Gasteiger charge is 2.09. The molecule has 0 saturated heterocycles. The standard InChI is InChI=1S/C16H19N3O2/c1-10-7-13(5-6-14(10)21-4)19-16(20)12-8-11(2)18-15(9-12)17-3/h5-9H,1-4H3,(H,17,18)(H,19,20). The molecular weight excluding hydrogens is 266 g/mol. The molecule has 1 amide bonds. The Morgan fingerprint density at radius 1 is 1.19 bits per heavy atom. The van der Waals surface area contributed by atoms with Gasteiger partial charge in [-0.2, -0.15) is 0 Å². The molecule has 0 aliphatic heterocycles. The molecule has 2 N–H and O–H groups in total. The summed E-state index contributed by atoms with van der Waals surface area (Å²) in [7, 11) is 3.40.